The van der Waals surface area contributed by atoms with Crippen molar-refractivity contribution in [1.29, 1.82) is 0 Å². The number of rotatable bonds is 5. The largest absolute Gasteiger partial charge is 0.492 e. The summed E-state index contributed by atoms with van der Waals surface area (Å²) in [6.07, 6.45) is 2.66. The van der Waals surface area contributed by atoms with E-state index in [2.05, 4.69) is 32.2 Å². The molecule has 7 nitrogen and oxygen atoms in total. The van der Waals surface area contributed by atoms with Gasteiger partial charge in [-0.25, -0.2) is 4.98 Å². The van der Waals surface area contributed by atoms with Gasteiger partial charge in [-0.1, -0.05) is 13.8 Å². The van der Waals surface area contributed by atoms with E-state index in [9.17, 15) is 9.90 Å². The summed E-state index contributed by atoms with van der Waals surface area (Å²) in [6.45, 7) is 8.42. The van der Waals surface area contributed by atoms with Crippen molar-refractivity contribution in [1.82, 2.24) is 19.9 Å². The van der Waals surface area contributed by atoms with E-state index in [0.29, 0.717) is 35.5 Å². The Labute approximate surface area is 142 Å². The van der Waals surface area contributed by atoms with E-state index in [1.807, 2.05) is 13.8 Å². The first-order valence-corrected chi connectivity index (χ1v) is 9.77. The van der Waals surface area contributed by atoms with Crippen molar-refractivity contribution in [3.63, 3.8) is 0 Å². The van der Waals surface area contributed by atoms with Crippen molar-refractivity contribution < 1.29 is 9.90 Å². The molecule has 0 spiro atoms. The third kappa shape index (κ3) is 3.18. The van der Waals surface area contributed by atoms with Crippen LogP contribution in [0.5, 0.6) is 5.88 Å². The number of imidazole rings is 2. The third-order valence-electron chi connectivity index (χ3n) is 4.75. The third-order valence-corrected chi connectivity index (χ3v) is 7.87. The number of aromatic hydroxyl groups is 1. The first-order chi connectivity index (χ1) is 11.4. The number of H-pyrrole nitrogens is 2. The van der Waals surface area contributed by atoms with Crippen molar-refractivity contribution >= 4 is 19.4 Å². The van der Waals surface area contributed by atoms with Crippen molar-refractivity contribution in [2.24, 2.45) is 11.8 Å². The van der Waals surface area contributed by atoms with Gasteiger partial charge in [0.1, 0.15) is 5.82 Å². The van der Waals surface area contributed by atoms with Crippen molar-refractivity contribution in [2.45, 2.75) is 33.4 Å². The average Bonchev–Trinajstić information content (AvgIpc) is 3.17. The van der Waals surface area contributed by atoms with E-state index >= 15 is 0 Å². The van der Waals surface area contributed by atoms with E-state index in [-0.39, 0.29) is 17.5 Å². The zero-order chi connectivity index (χ0) is 17.4. The molecule has 2 unspecified atom stereocenters. The molecule has 130 valence electrons. The minimum Gasteiger partial charge on any atom is -0.492 e. The number of aromatic amines is 2. The minimum absolute atomic E-state index is 0.00610. The summed E-state index contributed by atoms with van der Waals surface area (Å²) in [5.41, 5.74) is 1.88. The van der Waals surface area contributed by atoms with Gasteiger partial charge in [0.05, 0.1) is 11.4 Å². The number of carbonyl (C=O) groups excluding carboxylic acids is 1. The molecular formula is C16H24N5O2P. The van der Waals surface area contributed by atoms with Gasteiger partial charge < -0.3 is 20.4 Å². The van der Waals surface area contributed by atoms with Gasteiger partial charge in [-0.15, -0.1) is 0 Å². The van der Waals surface area contributed by atoms with Crippen LogP contribution >= 0.6 is 7.92 Å². The van der Waals surface area contributed by atoms with Gasteiger partial charge in [0.25, 0.3) is 0 Å². The summed E-state index contributed by atoms with van der Waals surface area (Å²) in [7, 11) is -0.861. The van der Waals surface area contributed by atoms with Crippen molar-refractivity contribution in [3.8, 4) is 5.88 Å². The Kier molecular flexibility index (Phi) is 4.63. The highest BCUT2D eigenvalue weighted by atomic mass is 31.1. The van der Waals surface area contributed by atoms with E-state index in [0.717, 1.165) is 11.9 Å². The quantitative estimate of drug-likeness (QED) is 0.621. The summed E-state index contributed by atoms with van der Waals surface area (Å²) in [6, 6.07) is 0. The smallest absolute Gasteiger partial charge is 0.232 e. The van der Waals surface area contributed by atoms with E-state index in [1.54, 1.807) is 13.1 Å². The Hall–Kier alpha value is -1.88. The summed E-state index contributed by atoms with van der Waals surface area (Å²) in [4.78, 5) is 27.5. The van der Waals surface area contributed by atoms with Gasteiger partial charge >= 0.3 is 0 Å². The highest BCUT2D eigenvalue weighted by molar-refractivity contribution is 7.75. The van der Waals surface area contributed by atoms with Gasteiger partial charge in [0.15, 0.2) is 11.5 Å². The van der Waals surface area contributed by atoms with Crippen LogP contribution in [0.15, 0.2) is 6.20 Å². The molecule has 4 N–H and O–H groups in total. The summed E-state index contributed by atoms with van der Waals surface area (Å²) in [5, 5.41) is 13.1. The fourth-order valence-corrected chi connectivity index (χ4v) is 6.21. The molecule has 2 aromatic rings. The Bertz CT molecular complexity index is 721. The van der Waals surface area contributed by atoms with Crippen LogP contribution in [0.2, 0.25) is 0 Å². The fourth-order valence-electron chi connectivity index (χ4n) is 3.03. The molecular weight excluding hydrogens is 325 g/mol. The van der Waals surface area contributed by atoms with Crippen LogP contribution in [0.3, 0.4) is 0 Å². The Morgan fingerprint density at radius 2 is 2.17 bits per heavy atom. The van der Waals surface area contributed by atoms with Gasteiger partial charge in [0.2, 0.25) is 5.88 Å². The normalized spacial score (nSPS) is 25.2. The topological polar surface area (TPSA) is 107 Å². The molecule has 0 aliphatic carbocycles. The lowest BCUT2D eigenvalue weighted by Gasteiger charge is -2.21. The Morgan fingerprint density at radius 1 is 1.42 bits per heavy atom. The highest BCUT2D eigenvalue weighted by Gasteiger charge is 2.42. The SMILES string of the molecule is Cc1cnc(NCC(c2nc(O)c(C)[nH]2)P2C[C@H](C)[C@H](C)C2=O)[nH]1. The zero-order valence-corrected chi connectivity index (χ0v) is 15.3. The molecule has 1 saturated heterocycles. The predicted octanol–water partition coefficient (Wildman–Crippen LogP) is 2.90. The van der Waals surface area contributed by atoms with E-state index in [4.69, 9.17) is 0 Å². The average molecular weight is 349 g/mol. The van der Waals surface area contributed by atoms with Crippen molar-refractivity contribution in [2.75, 3.05) is 18.0 Å². The summed E-state index contributed by atoms with van der Waals surface area (Å²) >= 11 is 0. The van der Waals surface area contributed by atoms with Crippen LogP contribution in [-0.2, 0) is 4.79 Å². The molecule has 0 saturated carbocycles. The standard InChI is InChI=1S/C16H24N5O2P/c1-8-7-24(15(23)10(8)3)12(13-20-11(4)14(22)21-13)6-18-16-17-5-9(2)19-16/h5,8,10,12,22H,6-7H2,1-4H3,(H,20,21)(H2,17,18,19)/t8-,10-,12?,24?/m0/s1. The van der Waals surface area contributed by atoms with Gasteiger partial charge in [-0.2, -0.15) is 4.98 Å². The molecule has 2 aromatic heterocycles. The number of aryl methyl sites for hydroxylation is 2. The van der Waals surface area contributed by atoms with Gasteiger partial charge in [0, 0.05) is 24.4 Å². The molecule has 0 amide bonds. The number of anilines is 1. The van der Waals surface area contributed by atoms with E-state index in [1.165, 1.54) is 0 Å². The lowest BCUT2D eigenvalue weighted by atomic mass is 10.0. The fraction of sp³-hybridized carbons (Fsp3) is 0.562. The molecule has 3 rings (SSSR count). The number of hydrogen-bond donors (Lipinski definition) is 4. The van der Waals surface area contributed by atoms with Gasteiger partial charge in [-0.3, -0.25) is 4.79 Å². The maximum Gasteiger partial charge on any atom is 0.232 e. The molecule has 3 heterocycles. The molecule has 4 atom stereocenters. The first-order valence-electron chi connectivity index (χ1n) is 8.18. The van der Waals surface area contributed by atoms with Crippen LogP contribution in [0.4, 0.5) is 5.95 Å². The number of aromatic nitrogens is 4. The molecule has 1 aliphatic heterocycles. The zero-order valence-electron chi connectivity index (χ0n) is 14.4. The molecule has 1 fully saturated rings. The predicted molar refractivity (Wildman–Crippen MR) is 94.7 cm³/mol. The van der Waals surface area contributed by atoms with Gasteiger partial charge in [-0.05, 0) is 33.8 Å². The minimum atomic E-state index is -0.861. The second-order valence-electron chi connectivity index (χ2n) is 6.64. The highest BCUT2D eigenvalue weighted by Crippen LogP contribution is 2.59. The summed E-state index contributed by atoms with van der Waals surface area (Å²) in [5.74, 6) is 1.86. The van der Waals surface area contributed by atoms with Crippen LogP contribution in [0, 0.1) is 25.7 Å². The number of hydrogen-bond acceptors (Lipinski definition) is 5. The number of carbonyl (C=O) groups is 1. The Morgan fingerprint density at radius 3 is 2.67 bits per heavy atom. The molecule has 1 aliphatic rings. The first kappa shape index (κ1) is 17.0. The molecule has 8 heteroatoms. The lowest BCUT2D eigenvalue weighted by molar-refractivity contribution is -0.114. The van der Waals surface area contributed by atoms with Crippen LogP contribution < -0.4 is 5.32 Å². The lowest BCUT2D eigenvalue weighted by Crippen LogP contribution is -2.16. The molecule has 0 aromatic carbocycles. The molecule has 0 bridgehead atoms. The van der Waals surface area contributed by atoms with Crippen LogP contribution in [0.25, 0.3) is 0 Å². The maximum atomic E-state index is 12.7. The molecule has 0 radical (unpaired) electrons. The second-order valence-corrected chi connectivity index (χ2v) is 9.01. The number of nitrogens with one attached hydrogen (secondary N) is 3. The van der Waals surface area contributed by atoms with Crippen LogP contribution in [-0.4, -0.2) is 43.3 Å². The Balaban J connectivity index is 1.84. The maximum absolute atomic E-state index is 12.7. The van der Waals surface area contributed by atoms with E-state index < -0.39 is 7.92 Å². The van der Waals surface area contributed by atoms with Crippen molar-refractivity contribution in [3.05, 3.63) is 23.4 Å². The molecule has 24 heavy (non-hydrogen) atoms. The second kappa shape index (κ2) is 6.55. The number of nitrogens with zero attached hydrogens (tertiary/aromatic N) is 2. The monoisotopic (exact) mass is 349 g/mol. The summed E-state index contributed by atoms with van der Waals surface area (Å²) < 4.78 is 0. The van der Waals surface area contributed by atoms with Crippen LogP contribution in [0.1, 0.15) is 36.7 Å².